The minimum atomic E-state index is -0.287. The van der Waals surface area contributed by atoms with Crippen molar-refractivity contribution in [2.24, 2.45) is 0 Å². The van der Waals surface area contributed by atoms with Gasteiger partial charge in [-0.05, 0) is 53.6 Å². The largest absolute Gasteiger partial charge is 0.493 e. The highest BCUT2D eigenvalue weighted by atomic mass is 19.1. The number of aromatic nitrogens is 3. The molecular weight excluding hydrogens is 363 g/mol. The van der Waals surface area contributed by atoms with Crippen LogP contribution in [0.2, 0.25) is 0 Å². The van der Waals surface area contributed by atoms with Crippen LogP contribution >= 0.6 is 0 Å². The number of benzene rings is 2. The van der Waals surface area contributed by atoms with Gasteiger partial charge >= 0.3 is 0 Å². The van der Waals surface area contributed by atoms with Gasteiger partial charge in [0.15, 0.2) is 11.5 Å². The number of nitrogens with zero attached hydrogens (tertiary/aromatic N) is 3. The maximum absolute atomic E-state index is 13.3. The minimum absolute atomic E-state index is 0.271. The molecule has 0 saturated carbocycles. The quantitative estimate of drug-likeness (QED) is 0.728. The molecule has 1 N–H and O–H groups in total. The zero-order chi connectivity index (χ0) is 19.7. The van der Waals surface area contributed by atoms with E-state index in [1.54, 1.807) is 38.1 Å². The van der Waals surface area contributed by atoms with Gasteiger partial charge in [-0.2, -0.15) is 10.1 Å². The summed E-state index contributed by atoms with van der Waals surface area (Å²) in [5.74, 6) is 1.91. The van der Waals surface area contributed by atoms with Crippen LogP contribution in [0.4, 0.5) is 10.3 Å². The van der Waals surface area contributed by atoms with Gasteiger partial charge in [-0.25, -0.2) is 9.07 Å². The zero-order valence-electron chi connectivity index (χ0n) is 15.6. The van der Waals surface area contributed by atoms with Gasteiger partial charge in [-0.1, -0.05) is 0 Å². The summed E-state index contributed by atoms with van der Waals surface area (Å²) in [6, 6.07) is 9.76. The summed E-state index contributed by atoms with van der Waals surface area (Å²) in [5, 5.41) is 7.57. The predicted octanol–water partition coefficient (Wildman–Crippen LogP) is 3.50. The van der Waals surface area contributed by atoms with Gasteiger partial charge in [-0.3, -0.25) is 0 Å². The maximum Gasteiger partial charge on any atom is 0.226 e. The zero-order valence-corrected chi connectivity index (χ0v) is 15.6. The molecule has 1 aliphatic rings. The van der Waals surface area contributed by atoms with Crippen molar-refractivity contribution in [1.29, 1.82) is 0 Å². The van der Waals surface area contributed by atoms with Crippen LogP contribution in [0, 0.1) is 5.82 Å². The average Bonchev–Trinajstić information content (AvgIpc) is 3.21. The van der Waals surface area contributed by atoms with Crippen LogP contribution in [-0.4, -0.2) is 36.1 Å². The first kappa shape index (κ1) is 17.8. The van der Waals surface area contributed by atoms with E-state index in [2.05, 4.69) is 15.4 Å². The van der Waals surface area contributed by atoms with Crippen LogP contribution in [-0.2, 0) is 0 Å². The van der Waals surface area contributed by atoms with E-state index in [0.717, 1.165) is 16.8 Å². The molecule has 0 fully saturated rings. The lowest BCUT2D eigenvalue weighted by Crippen LogP contribution is -2.20. The van der Waals surface area contributed by atoms with E-state index in [4.69, 9.17) is 14.2 Å². The minimum Gasteiger partial charge on any atom is -0.493 e. The molecule has 1 atom stereocenters. The van der Waals surface area contributed by atoms with Gasteiger partial charge in [0.25, 0.3) is 0 Å². The molecule has 0 bridgehead atoms. The molecule has 0 spiro atoms. The first-order valence-corrected chi connectivity index (χ1v) is 8.58. The summed E-state index contributed by atoms with van der Waals surface area (Å²) in [6.07, 6.45) is 3.48. The molecule has 0 amide bonds. The lowest BCUT2D eigenvalue weighted by atomic mass is 10.0. The topological polar surface area (TPSA) is 70.4 Å². The molecule has 28 heavy (non-hydrogen) atoms. The van der Waals surface area contributed by atoms with E-state index >= 15 is 0 Å². The standard InChI is InChI=1S/C20H19FN4O3/c1-26-17-8-13(9-18(27-2)19(17)28-3)16-10-15(12-4-6-14(21)7-5-12)24-20-22-11-23-25(16)20/h4-11,16H,1-3H3,(H,22,23,24). The van der Waals surface area contributed by atoms with E-state index in [1.165, 1.54) is 18.5 Å². The van der Waals surface area contributed by atoms with Crippen molar-refractivity contribution in [1.82, 2.24) is 14.8 Å². The molecular formula is C20H19FN4O3. The predicted molar refractivity (Wildman–Crippen MR) is 102 cm³/mol. The first-order chi connectivity index (χ1) is 13.6. The number of ether oxygens (including phenoxy) is 3. The summed E-state index contributed by atoms with van der Waals surface area (Å²) in [5.41, 5.74) is 2.52. The summed E-state index contributed by atoms with van der Waals surface area (Å²) < 4.78 is 31.4. The fraction of sp³-hybridized carbons (Fsp3) is 0.200. The fourth-order valence-electron chi connectivity index (χ4n) is 3.24. The van der Waals surface area contributed by atoms with Gasteiger partial charge < -0.3 is 19.5 Å². The molecule has 0 radical (unpaired) electrons. The van der Waals surface area contributed by atoms with Crippen LogP contribution in [0.15, 0.2) is 48.8 Å². The highest BCUT2D eigenvalue weighted by molar-refractivity contribution is 5.77. The van der Waals surface area contributed by atoms with Crippen LogP contribution in [0.1, 0.15) is 17.2 Å². The summed E-state index contributed by atoms with van der Waals surface area (Å²) in [6.45, 7) is 0. The second kappa shape index (κ2) is 7.22. The smallest absolute Gasteiger partial charge is 0.226 e. The summed E-state index contributed by atoms with van der Waals surface area (Å²) >= 11 is 0. The third-order valence-electron chi connectivity index (χ3n) is 4.59. The second-order valence-corrected chi connectivity index (χ2v) is 6.14. The fourth-order valence-corrected chi connectivity index (χ4v) is 3.24. The number of anilines is 1. The Morgan fingerprint density at radius 1 is 1.00 bits per heavy atom. The lowest BCUT2D eigenvalue weighted by Gasteiger charge is -2.25. The Hall–Kier alpha value is -3.55. The van der Waals surface area contributed by atoms with Crippen molar-refractivity contribution >= 4 is 11.6 Å². The van der Waals surface area contributed by atoms with Gasteiger partial charge in [0.05, 0.1) is 21.3 Å². The Morgan fingerprint density at radius 3 is 2.29 bits per heavy atom. The van der Waals surface area contributed by atoms with Crippen molar-refractivity contribution in [3.05, 3.63) is 65.7 Å². The number of allylic oxidation sites excluding steroid dienone is 1. The van der Waals surface area contributed by atoms with Gasteiger partial charge in [0.1, 0.15) is 18.2 Å². The maximum atomic E-state index is 13.3. The Balaban J connectivity index is 1.84. The van der Waals surface area contributed by atoms with Crippen LogP contribution < -0.4 is 19.5 Å². The molecule has 3 aromatic rings. The Morgan fingerprint density at radius 2 is 1.68 bits per heavy atom. The SMILES string of the molecule is COc1cc(C2C=C(c3ccc(F)cc3)Nc3ncnn32)cc(OC)c1OC. The molecule has 144 valence electrons. The molecule has 1 unspecified atom stereocenters. The van der Waals surface area contributed by atoms with E-state index in [0.29, 0.717) is 23.2 Å². The van der Waals surface area contributed by atoms with E-state index in [1.807, 2.05) is 18.2 Å². The van der Waals surface area contributed by atoms with Gasteiger partial charge in [-0.15, -0.1) is 0 Å². The van der Waals surface area contributed by atoms with Gasteiger partial charge in [0, 0.05) is 5.70 Å². The third-order valence-corrected chi connectivity index (χ3v) is 4.59. The Bertz CT molecular complexity index is 1010. The van der Waals surface area contributed by atoms with Crippen LogP contribution in [0.3, 0.4) is 0 Å². The molecule has 0 saturated heterocycles. The number of methoxy groups -OCH3 is 3. The molecule has 1 aliphatic heterocycles. The molecule has 4 rings (SSSR count). The molecule has 2 heterocycles. The summed E-state index contributed by atoms with van der Waals surface area (Å²) in [4.78, 5) is 4.28. The molecule has 7 nitrogen and oxygen atoms in total. The van der Waals surface area contributed by atoms with Crippen LogP contribution in [0.25, 0.3) is 5.70 Å². The van der Waals surface area contributed by atoms with Crippen molar-refractivity contribution in [3.63, 3.8) is 0 Å². The number of rotatable bonds is 5. The van der Waals surface area contributed by atoms with Crippen LogP contribution in [0.5, 0.6) is 17.2 Å². The Labute approximate surface area is 161 Å². The second-order valence-electron chi connectivity index (χ2n) is 6.14. The molecule has 2 aromatic carbocycles. The number of hydrogen-bond acceptors (Lipinski definition) is 6. The monoisotopic (exact) mass is 382 g/mol. The van der Waals surface area contributed by atoms with E-state index in [-0.39, 0.29) is 11.9 Å². The van der Waals surface area contributed by atoms with Gasteiger partial charge in [0.2, 0.25) is 11.7 Å². The molecule has 1 aromatic heterocycles. The number of fused-ring (bicyclic) bond motifs is 1. The van der Waals surface area contributed by atoms with E-state index < -0.39 is 0 Å². The summed E-state index contributed by atoms with van der Waals surface area (Å²) in [7, 11) is 4.71. The number of halogens is 1. The van der Waals surface area contributed by atoms with Crippen molar-refractivity contribution < 1.29 is 18.6 Å². The normalized spacial score (nSPS) is 15.3. The highest BCUT2D eigenvalue weighted by Gasteiger charge is 2.26. The first-order valence-electron chi connectivity index (χ1n) is 8.58. The molecule has 0 aliphatic carbocycles. The highest BCUT2D eigenvalue weighted by Crippen LogP contribution is 2.42. The van der Waals surface area contributed by atoms with Crippen molar-refractivity contribution in [3.8, 4) is 17.2 Å². The average molecular weight is 382 g/mol. The number of hydrogen-bond donors (Lipinski definition) is 1. The van der Waals surface area contributed by atoms with Crippen molar-refractivity contribution in [2.45, 2.75) is 6.04 Å². The van der Waals surface area contributed by atoms with Crippen molar-refractivity contribution in [2.75, 3.05) is 26.6 Å². The Kier molecular flexibility index (Phi) is 4.60. The molecule has 8 heteroatoms. The van der Waals surface area contributed by atoms with E-state index in [9.17, 15) is 4.39 Å². The third kappa shape index (κ3) is 3.02. The number of nitrogens with one attached hydrogen (secondary N) is 1. The lowest BCUT2D eigenvalue weighted by molar-refractivity contribution is 0.323.